The second kappa shape index (κ2) is 7.98. The first-order valence-electron chi connectivity index (χ1n) is 7.44. The summed E-state index contributed by atoms with van der Waals surface area (Å²) in [5.41, 5.74) is 1.62. The van der Waals surface area contributed by atoms with Gasteiger partial charge >= 0.3 is 0 Å². The number of furan rings is 1. The molecule has 2 heterocycles. The van der Waals surface area contributed by atoms with Crippen molar-refractivity contribution in [2.45, 2.75) is 0 Å². The zero-order chi connectivity index (χ0) is 18.5. The van der Waals surface area contributed by atoms with Crippen LogP contribution in [0.15, 0.2) is 46.4 Å². The second-order valence-electron chi connectivity index (χ2n) is 4.99. The molecule has 26 heavy (non-hydrogen) atoms. The molecule has 0 aliphatic rings. The zero-order valence-corrected chi connectivity index (χ0v) is 15.6. The predicted molar refractivity (Wildman–Crippen MR) is 103 cm³/mol. The Hall–Kier alpha value is -2.91. The molecule has 1 aromatic carbocycles. The minimum absolute atomic E-state index is 0.139. The largest absolute Gasteiger partial charge is 0.493 e. The highest BCUT2D eigenvalue weighted by Crippen LogP contribution is 2.33. The molecule has 0 saturated carbocycles. The molecular formula is C17H15N3O4S2. The Morgan fingerprint density at radius 2 is 2.04 bits per heavy atom. The number of carbonyl (C=O) groups excluding carboxylic acids is 1. The number of amides is 1. The van der Waals surface area contributed by atoms with Crippen LogP contribution < -0.4 is 20.1 Å². The van der Waals surface area contributed by atoms with Crippen LogP contribution in [-0.2, 0) is 0 Å². The lowest BCUT2D eigenvalue weighted by Gasteiger charge is -2.08. The van der Waals surface area contributed by atoms with E-state index in [4.69, 9.17) is 26.1 Å². The third-order valence-electron chi connectivity index (χ3n) is 3.38. The van der Waals surface area contributed by atoms with Crippen LogP contribution >= 0.6 is 23.6 Å². The molecule has 9 heteroatoms. The average molecular weight is 389 g/mol. The molecule has 0 fully saturated rings. The summed E-state index contributed by atoms with van der Waals surface area (Å²) in [5, 5.41) is 7.99. The molecule has 0 aliphatic carbocycles. The minimum atomic E-state index is -0.427. The fourth-order valence-electron chi connectivity index (χ4n) is 2.16. The van der Waals surface area contributed by atoms with E-state index in [1.807, 2.05) is 23.6 Å². The van der Waals surface area contributed by atoms with Crippen molar-refractivity contribution in [2.24, 2.45) is 0 Å². The van der Waals surface area contributed by atoms with E-state index in [1.165, 1.54) is 17.6 Å². The van der Waals surface area contributed by atoms with Gasteiger partial charge in [0.1, 0.15) is 0 Å². The molecule has 0 radical (unpaired) electrons. The molecular weight excluding hydrogens is 374 g/mol. The Balaban J connectivity index is 1.68. The topological polar surface area (TPSA) is 85.6 Å². The van der Waals surface area contributed by atoms with Gasteiger partial charge in [0.15, 0.2) is 27.5 Å². The molecule has 2 aromatic heterocycles. The van der Waals surface area contributed by atoms with E-state index in [0.29, 0.717) is 16.6 Å². The van der Waals surface area contributed by atoms with Crippen molar-refractivity contribution in [1.82, 2.24) is 10.3 Å². The minimum Gasteiger partial charge on any atom is -0.493 e. The Labute approximate surface area is 159 Å². The van der Waals surface area contributed by atoms with Crippen LogP contribution in [0.4, 0.5) is 5.13 Å². The summed E-state index contributed by atoms with van der Waals surface area (Å²) in [7, 11) is 3.16. The van der Waals surface area contributed by atoms with Crippen molar-refractivity contribution in [3.8, 4) is 22.8 Å². The van der Waals surface area contributed by atoms with Gasteiger partial charge in [0.2, 0.25) is 0 Å². The fraction of sp³-hybridized carbons (Fsp3) is 0.118. The van der Waals surface area contributed by atoms with Crippen molar-refractivity contribution >= 4 is 39.7 Å². The number of thiazole rings is 1. The third-order valence-corrected chi connectivity index (χ3v) is 4.34. The Kier molecular flexibility index (Phi) is 5.49. The molecule has 0 spiro atoms. The quantitative estimate of drug-likeness (QED) is 0.646. The number of nitrogens with one attached hydrogen (secondary N) is 2. The Bertz CT molecular complexity index is 922. The molecule has 0 atom stereocenters. The first-order valence-corrected chi connectivity index (χ1v) is 8.73. The molecule has 0 aliphatic heterocycles. The van der Waals surface area contributed by atoms with Crippen LogP contribution in [0.25, 0.3) is 11.3 Å². The summed E-state index contributed by atoms with van der Waals surface area (Å²) in [6.45, 7) is 0. The molecule has 0 unspecified atom stereocenters. The van der Waals surface area contributed by atoms with Crippen LogP contribution in [0, 0.1) is 0 Å². The SMILES string of the molecule is COc1ccc(-c2csc(NC(=S)NC(=O)c3ccco3)n2)cc1OC. The van der Waals surface area contributed by atoms with E-state index in [2.05, 4.69) is 15.6 Å². The van der Waals surface area contributed by atoms with Gasteiger partial charge in [0, 0.05) is 10.9 Å². The van der Waals surface area contributed by atoms with Crippen molar-refractivity contribution in [3.63, 3.8) is 0 Å². The summed E-state index contributed by atoms with van der Waals surface area (Å²) in [5.74, 6) is 1.02. The van der Waals surface area contributed by atoms with Gasteiger partial charge < -0.3 is 19.2 Å². The summed E-state index contributed by atoms with van der Waals surface area (Å²) in [4.78, 5) is 16.4. The Morgan fingerprint density at radius 3 is 2.73 bits per heavy atom. The number of ether oxygens (including phenoxy) is 2. The molecule has 134 valence electrons. The molecule has 0 saturated heterocycles. The molecule has 0 bridgehead atoms. The van der Waals surface area contributed by atoms with E-state index in [9.17, 15) is 4.79 Å². The van der Waals surface area contributed by atoms with Crippen LogP contribution in [0.3, 0.4) is 0 Å². The van der Waals surface area contributed by atoms with Crippen LogP contribution in [0.1, 0.15) is 10.6 Å². The van der Waals surface area contributed by atoms with Gasteiger partial charge in [0.05, 0.1) is 26.2 Å². The number of thiocarbonyl (C=S) groups is 1. The third kappa shape index (κ3) is 4.01. The van der Waals surface area contributed by atoms with Gasteiger partial charge in [-0.05, 0) is 42.5 Å². The number of anilines is 1. The fourth-order valence-corrected chi connectivity index (χ4v) is 3.14. The van der Waals surface area contributed by atoms with Crippen LogP contribution in [-0.4, -0.2) is 30.2 Å². The molecule has 3 rings (SSSR count). The number of hydrogen-bond acceptors (Lipinski definition) is 7. The number of carbonyl (C=O) groups is 1. The van der Waals surface area contributed by atoms with Gasteiger partial charge in [-0.25, -0.2) is 4.98 Å². The van der Waals surface area contributed by atoms with E-state index in [1.54, 1.807) is 26.4 Å². The van der Waals surface area contributed by atoms with Crippen LogP contribution in [0.5, 0.6) is 11.5 Å². The zero-order valence-electron chi connectivity index (χ0n) is 13.9. The maximum atomic E-state index is 11.9. The summed E-state index contributed by atoms with van der Waals surface area (Å²) in [6, 6.07) is 8.72. The number of hydrogen-bond donors (Lipinski definition) is 2. The monoisotopic (exact) mass is 389 g/mol. The number of aromatic nitrogens is 1. The van der Waals surface area contributed by atoms with E-state index < -0.39 is 5.91 Å². The number of benzene rings is 1. The lowest BCUT2D eigenvalue weighted by molar-refractivity contribution is 0.0950. The maximum absolute atomic E-state index is 11.9. The first-order chi connectivity index (χ1) is 12.6. The van der Waals surface area contributed by atoms with Crippen molar-refractivity contribution in [3.05, 3.63) is 47.7 Å². The van der Waals surface area contributed by atoms with E-state index in [0.717, 1.165) is 11.3 Å². The van der Waals surface area contributed by atoms with Gasteiger partial charge in [-0.15, -0.1) is 11.3 Å². The maximum Gasteiger partial charge on any atom is 0.293 e. The van der Waals surface area contributed by atoms with Gasteiger partial charge in [-0.2, -0.15) is 0 Å². The van der Waals surface area contributed by atoms with E-state index >= 15 is 0 Å². The normalized spacial score (nSPS) is 10.2. The number of rotatable bonds is 5. The Morgan fingerprint density at radius 1 is 1.23 bits per heavy atom. The van der Waals surface area contributed by atoms with Gasteiger partial charge in [-0.3, -0.25) is 10.1 Å². The number of nitrogens with zero attached hydrogens (tertiary/aromatic N) is 1. The van der Waals surface area contributed by atoms with Crippen molar-refractivity contribution in [2.75, 3.05) is 19.5 Å². The molecule has 7 nitrogen and oxygen atoms in total. The number of methoxy groups -OCH3 is 2. The summed E-state index contributed by atoms with van der Waals surface area (Å²) >= 11 is 6.49. The first kappa shape index (κ1) is 17.9. The van der Waals surface area contributed by atoms with Crippen molar-refractivity contribution in [1.29, 1.82) is 0 Å². The molecule has 3 aromatic rings. The van der Waals surface area contributed by atoms with E-state index in [-0.39, 0.29) is 10.9 Å². The summed E-state index contributed by atoms with van der Waals surface area (Å²) < 4.78 is 15.6. The highest BCUT2D eigenvalue weighted by Gasteiger charge is 2.13. The van der Waals surface area contributed by atoms with Gasteiger partial charge in [-0.1, -0.05) is 0 Å². The molecule has 1 amide bonds. The second-order valence-corrected chi connectivity index (χ2v) is 6.26. The highest BCUT2D eigenvalue weighted by molar-refractivity contribution is 7.80. The van der Waals surface area contributed by atoms with Crippen LogP contribution in [0.2, 0.25) is 0 Å². The summed E-state index contributed by atoms with van der Waals surface area (Å²) in [6.07, 6.45) is 1.42. The average Bonchev–Trinajstić information content (AvgIpc) is 3.33. The smallest absolute Gasteiger partial charge is 0.293 e. The van der Waals surface area contributed by atoms with Gasteiger partial charge in [0.25, 0.3) is 5.91 Å². The lowest BCUT2D eigenvalue weighted by Crippen LogP contribution is -2.33. The predicted octanol–water partition coefficient (Wildman–Crippen LogP) is 3.55. The van der Waals surface area contributed by atoms with Crippen molar-refractivity contribution < 1.29 is 18.7 Å². The lowest BCUT2D eigenvalue weighted by atomic mass is 10.1. The molecule has 2 N–H and O–H groups in total. The standard InChI is InChI=1S/C17H15N3O4S2/c1-22-12-6-5-10(8-14(12)23-2)11-9-26-17(18-11)20-16(25)19-15(21)13-4-3-7-24-13/h3-9H,1-2H3,(H2,18,19,20,21,25). The highest BCUT2D eigenvalue weighted by atomic mass is 32.1.